The van der Waals surface area contributed by atoms with E-state index in [1.165, 1.54) is 0 Å². The Labute approximate surface area is 111 Å². The molecule has 3 aromatic rings. The number of hydrogen-bond acceptors (Lipinski definition) is 3. The van der Waals surface area contributed by atoms with Crippen LogP contribution in [0.3, 0.4) is 0 Å². The third-order valence-electron chi connectivity index (χ3n) is 3.14. The van der Waals surface area contributed by atoms with E-state index in [0.29, 0.717) is 0 Å². The molecule has 0 spiro atoms. The molecule has 1 N–H and O–H groups in total. The number of rotatable bonds is 3. The molecule has 0 saturated heterocycles. The highest BCUT2D eigenvalue weighted by Crippen LogP contribution is 2.34. The molecule has 3 rings (SSSR count). The Balaban J connectivity index is 2.15. The van der Waals surface area contributed by atoms with Crippen molar-refractivity contribution in [3.05, 3.63) is 54.1 Å². The average Bonchev–Trinajstić information content (AvgIpc) is 2.89. The van der Waals surface area contributed by atoms with Crippen LogP contribution in [-0.2, 0) is 6.61 Å². The van der Waals surface area contributed by atoms with Crippen LogP contribution in [0.4, 0.5) is 0 Å². The second-order valence-corrected chi connectivity index (χ2v) is 4.34. The van der Waals surface area contributed by atoms with Crippen molar-refractivity contribution < 1.29 is 14.3 Å². The number of aliphatic hydroxyl groups excluding tert-OH is 1. The summed E-state index contributed by atoms with van der Waals surface area (Å²) in [5.74, 6) is 1.55. The van der Waals surface area contributed by atoms with Crippen molar-refractivity contribution in [2.45, 2.75) is 6.61 Å². The van der Waals surface area contributed by atoms with Gasteiger partial charge in [0.1, 0.15) is 17.1 Å². The largest absolute Gasteiger partial charge is 0.496 e. The molecule has 0 unspecified atom stereocenters. The van der Waals surface area contributed by atoms with E-state index in [9.17, 15) is 0 Å². The van der Waals surface area contributed by atoms with E-state index in [2.05, 4.69) is 0 Å². The number of ether oxygens (including phenoxy) is 1. The number of furan rings is 1. The molecule has 3 nitrogen and oxygen atoms in total. The molecule has 0 atom stereocenters. The van der Waals surface area contributed by atoms with Gasteiger partial charge in [-0.05, 0) is 35.9 Å². The fraction of sp³-hybridized carbons (Fsp3) is 0.125. The quantitative estimate of drug-likeness (QED) is 0.776. The third kappa shape index (κ3) is 2.09. The zero-order chi connectivity index (χ0) is 13.2. The van der Waals surface area contributed by atoms with Crippen LogP contribution in [0.2, 0.25) is 0 Å². The Morgan fingerprint density at radius 3 is 2.74 bits per heavy atom. The van der Waals surface area contributed by atoms with Gasteiger partial charge in [0, 0.05) is 5.39 Å². The molecule has 0 amide bonds. The van der Waals surface area contributed by atoms with Crippen LogP contribution in [0.1, 0.15) is 5.56 Å². The van der Waals surface area contributed by atoms with Gasteiger partial charge in [-0.1, -0.05) is 18.2 Å². The molecule has 96 valence electrons. The number of fused-ring (bicyclic) bond motifs is 1. The van der Waals surface area contributed by atoms with Gasteiger partial charge in [-0.25, -0.2) is 0 Å². The predicted octanol–water partition coefficient (Wildman–Crippen LogP) is 3.60. The lowest BCUT2D eigenvalue weighted by atomic mass is 10.1. The standard InChI is InChI=1S/C16H14O3/c1-18-15-5-3-2-4-13(15)16-9-12-8-11(10-17)6-7-14(12)19-16/h2-9,17H,10H2,1H3. The fourth-order valence-corrected chi connectivity index (χ4v) is 2.17. The summed E-state index contributed by atoms with van der Waals surface area (Å²) >= 11 is 0. The van der Waals surface area contributed by atoms with E-state index in [0.717, 1.165) is 33.6 Å². The summed E-state index contributed by atoms with van der Waals surface area (Å²) in [5, 5.41) is 10.1. The molecule has 2 aromatic carbocycles. The van der Waals surface area contributed by atoms with E-state index >= 15 is 0 Å². The lowest BCUT2D eigenvalue weighted by Crippen LogP contribution is -1.85. The van der Waals surface area contributed by atoms with E-state index < -0.39 is 0 Å². The van der Waals surface area contributed by atoms with Crippen molar-refractivity contribution >= 4 is 11.0 Å². The Kier molecular flexibility index (Phi) is 2.97. The molecule has 3 heteroatoms. The number of aliphatic hydroxyl groups is 1. The summed E-state index contributed by atoms with van der Waals surface area (Å²) in [6, 6.07) is 15.4. The molecule has 0 bridgehead atoms. The SMILES string of the molecule is COc1ccccc1-c1cc2cc(CO)ccc2o1. The number of hydrogen-bond donors (Lipinski definition) is 1. The molecule has 0 radical (unpaired) electrons. The van der Waals surface area contributed by atoms with E-state index in [1.54, 1.807) is 7.11 Å². The van der Waals surface area contributed by atoms with Crippen LogP contribution in [0, 0.1) is 0 Å². The first-order chi connectivity index (χ1) is 9.31. The first-order valence-electron chi connectivity index (χ1n) is 6.08. The summed E-state index contributed by atoms with van der Waals surface area (Å²) in [7, 11) is 1.64. The summed E-state index contributed by atoms with van der Waals surface area (Å²) in [6.45, 7) is 0.0328. The molecular weight excluding hydrogens is 240 g/mol. The van der Waals surface area contributed by atoms with E-state index in [1.807, 2.05) is 48.5 Å². The van der Waals surface area contributed by atoms with Crippen molar-refractivity contribution in [3.8, 4) is 17.1 Å². The van der Waals surface area contributed by atoms with Crippen molar-refractivity contribution in [2.24, 2.45) is 0 Å². The van der Waals surface area contributed by atoms with Gasteiger partial charge in [0.25, 0.3) is 0 Å². The Bertz CT molecular complexity index is 713. The zero-order valence-corrected chi connectivity index (χ0v) is 10.6. The Hall–Kier alpha value is -2.26. The molecule has 19 heavy (non-hydrogen) atoms. The highest BCUT2D eigenvalue weighted by Gasteiger charge is 2.10. The van der Waals surface area contributed by atoms with Gasteiger partial charge in [0.15, 0.2) is 0 Å². The lowest BCUT2D eigenvalue weighted by Gasteiger charge is -2.04. The zero-order valence-electron chi connectivity index (χ0n) is 10.6. The first-order valence-corrected chi connectivity index (χ1v) is 6.08. The average molecular weight is 254 g/mol. The maximum absolute atomic E-state index is 9.15. The van der Waals surface area contributed by atoms with Gasteiger partial charge >= 0.3 is 0 Å². The van der Waals surface area contributed by atoms with Gasteiger partial charge in [0.2, 0.25) is 0 Å². The highest BCUT2D eigenvalue weighted by molar-refractivity contribution is 5.84. The van der Waals surface area contributed by atoms with E-state index in [-0.39, 0.29) is 6.61 Å². The predicted molar refractivity (Wildman–Crippen MR) is 74.1 cm³/mol. The van der Waals surface area contributed by atoms with Crippen molar-refractivity contribution in [1.82, 2.24) is 0 Å². The van der Waals surface area contributed by atoms with Crippen molar-refractivity contribution in [3.63, 3.8) is 0 Å². The maximum atomic E-state index is 9.15. The molecule has 1 heterocycles. The van der Waals surface area contributed by atoms with Gasteiger partial charge in [-0.15, -0.1) is 0 Å². The molecule has 0 aliphatic carbocycles. The smallest absolute Gasteiger partial charge is 0.139 e. The van der Waals surface area contributed by atoms with Crippen molar-refractivity contribution in [2.75, 3.05) is 7.11 Å². The third-order valence-corrected chi connectivity index (χ3v) is 3.14. The van der Waals surface area contributed by atoms with Gasteiger partial charge in [-0.3, -0.25) is 0 Å². The van der Waals surface area contributed by atoms with Crippen LogP contribution in [0.25, 0.3) is 22.3 Å². The minimum absolute atomic E-state index is 0.0328. The summed E-state index contributed by atoms with van der Waals surface area (Å²) < 4.78 is 11.2. The molecule has 0 saturated carbocycles. The molecule has 0 fully saturated rings. The van der Waals surface area contributed by atoms with Gasteiger partial charge in [-0.2, -0.15) is 0 Å². The fourth-order valence-electron chi connectivity index (χ4n) is 2.17. The summed E-state index contributed by atoms with van der Waals surface area (Å²) in [5.41, 5.74) is 2.60. The lowest BCUT2D eigenvalue weighted by molar-refractivity contribution is 0.282. The minimum atomic E-state index is 0.0328. The van der Waals surface area contributed by atoms with Crippen LogP contribution >= 0.6 is 0 Å². The Morgan fingerprint density at radius 1 is 1.11 bits per heavy atom. The minimum Gasteiger partial charge on any atom is -0.496 e. The molecule has 0 aliphatic heterocycles. The van der Waals surface area contributed by atoms with Gasteiger partial charge < -0.3 is 14.3 Å². The van der Waals surface area contributed by atoms with Crippen LogP contribution < -0.4 is 4.74 Å². The maximum Gasteiger partial charge on any atom is 0.139 e. The normalized spacial score (nSPS) is 10.8. The summed E-state index contributed by atoms with van der Waals surface area (Å²) in [6.07, 6.45) is 0. The Morgan fingerprint density at radius 2 is 1.95 bits per heavy atom. The number of methoxy groups -OCH3 is 1. The monoisotopic (exact) mass is 254 g/mol. The van der Waals surface area contributed by atoms with Gasteiger partial charge in [0.05, 0.1) is 19.3 Å². The highest BCUT2D eigenvalue weighted by atomic mass is 16.5. The topological polar surface area (TPSA) is 42.6 Å². The van der Waals surface area contributed by atoms with E-state index in [4.69, 9.17) is 14.3 Å². The molecular formula is C16H14O3. The van der Waals surface area contributed by atoms with Crippen LogP contribution in [-0.4, -0.2) is 12.2 Å². The van der Waals surface area contributed by atoms with Crippen molar-refractivity contribution in [1.29, 1.82) is 0 Å². The van der Waals surface area contributed by atoms with Crippen LogP contribution in [0.5, 0.6) is 5.75 Å². The van der Waals surface area contributed by atoms with Crippen LogP contribution in [0.15, 0.2) is 52.9 Å². The molecule has 0 aliphatic rings. The second kappa shape index (κ2) is 4.78. The number of para-hydroxylation sites is 1. The summed E-state index contributed by atoms with van der Waals surface area (Å²) in [4.78, 5) is 0. The number of benzene rings is 2. The first kappa shape index (κ1) is 11.8. The molecule has 1 aromatic heterocycles. The second-order valence-electron chi connectivity index (χ2n) is 4.34.